The van der Waals surface area contributed by atoms with E-state index in [1.165, 1.54) is 12.3 Å². The van der Waals surface area contributed by atoms with Gasteiger partial charge < -0.3 is 15.5 Å². The van der Waals surface area contributed by atoms with Gasteiger partial charge in [-0.2, -0.15) is 0 Å². The quantitative estimate of drug-likeness (QED) is 0.776. The first-order valence-electron chi connectivity index (χ1n) is 6.56. The van der Waals surface area contributed by atoms with Crippen molar-refractivity contribution in [3.63, 3.8) is 0 Å². The van der Waals surface area contributed by atoms with Gasteiger partial charge in [-0.15, -0.1) is 0 Å². The number of amides is 2. The summed E-state index contributed by atoms with van der Waals surface area (Å²) in [6, 6.07) is 1.63. The number of nitrogens with two attached hydrogens (primary N) is 1. The Balaban J connectivity index is 1.78. The van der Waals surface area contributed by atoms with Gasteiger partial charge in [-0.1, -0.05) is 11.6 Å². The van der Waals surface area contributed by atoms with Gasteiger partial charge >= 0.3 is 0 Å². The van der Waals surface area contributed by atoms with Gasteiger partial charge in [-0.25, -0.2) is 4.98 Å². The summed E-state index contributed by atoms with van der Waals surface area (Å²) in [6.07, 6.45) is 2.79. The first kappa shape index (κ1) is 13.2. The van der Waals surface area contributed by atoms with E-state index in [-0.39, 0.29) is 23.0 Å². The van der Waals surface area contributed by atoms with E-state index >= 15 is 0 Å². The van der Waals surface area contributed by atoms with Crippen LogP contribution >= 0.6 is 11.6 Å². The van der Waals surface area contributed by atoms with E-state index < -0.39 is 0 Å². The molecule has 2 aliphatic rings. The third-order valence-corrected chi connectivity index (χ3v) is 4.12. The van der Waals surface area contributed by atoms with Crippen LogP contribution in [0.25, 0.3) is 0 Å². The van der Waals surface area contributed by atoms with Gasteiger partial charge in [0.05, 0.1) is 17.4 Å². The summed E-state index contributed by atoms with van der Waals surface area (Å²) in [6.45, 7) is 1.68. The van der Waals surface area contributed by atoms with Crippen LogP contribution in [0.2, 0.25) is 5.15 Å². The number of nitrogen functional groups attached to an aromatic ring is 1. The number of fused-ring (bicyclic) bond motifs is 1. The second-order valence-corrected chi connectivity index (χ2v) is 5.51. The topological polar surface area (TPSA) is 79.5 Å². The molecular weight excluding hydrogens is 280 g/mol. The standard InChI is InChI=1S/C13H15ClN4O2/c14-11-5-9(10(15)6-16-11)13(20)17-3-4-18-8(7-17)1-2-12(18)19/h5-6,8H,1-4,7,15H2. The molecule has 1 aromatic rings. The molecule has 0 bridgehead atoms. The Kier molecular flexibility index (Phi) is 3.25. The van der Waals surface area contributed by atoms with Gasteiger partial charge in [0.2, 0.25) is 5.91 Å². The Labute approximate surface area is 121 Å². The van der Waals surface area contributed by atoms with Crippen molar-refractivity contribution >= 4 is 29.1 Å². The van der Waals surface area contributed by atoms with Crippen LogP contribution in [0.4, 0.5) is 5.69 Å². The van der Waals surface area contributed by atoms with E-state index in [4.69, 9.17) is 17.3 Å². The molecule has 106 valence electrons. The van der Waals surface area contributed by atoms with Crippen LogP contribution in [-0.2, 0) is 4.79 Å². The van der Waals surface area contributed by atoms with E-state index in [0.717, 1.165) is 6.42 Å². The largest absolute Gasteiger partial charge is 0.397 e. The number of piperazine rings is 1. The summed E-state index contributed by atoms with van der Waals surface area (Å²) >= 11 is 5.82. The van der Waals surface area contributed by atoms with E-state index in [0.29, 0.717) is 37.3 Å². The fourth-order valence-electron chi connectivity index (χ4n) is 2.84. The minimum atomic E-state index is -0.147. The van der Waals surface area contributed by atoms with Gasteiger partial charge in [0.25, 0.3) is 5.91 Å². The Morgan fingerprint density at radius 2 is 2.25 bits per heavy atom. The fourth-order valence-corrected chi connectivity index (χ4v) is 3.00. The molecule has 0 saturated carbocycles. The summed E-state index contributed by atoms with van der Waals surface area (Å²) < 4.78 is 0. The third-order valence-electron chi connectivity index (χ3n) is 3.91. The molecule has 0 radical (unpaired) electrons. The van der Waals surface area contributed by atoms with Crippen LogP contribution in [-0.4, -0.2) is 52.3 Å². The number of hydrogen-bond donors (Lipinski definition) is 1. The molecule has 7 heteroatoms. The normalized spacial score (nSPS) is 22.1. The van der Waals surface area contributed by atoms with Crippen molar-refractivity contribution in [2.75, 3.05) is 25.4 Å². The van der Waals surface area contributed by atoms with E-state index in [1.807, 2.05) is 4.90 Å². The Hall–Kier alpha value is -1.82. The molecule has 2 amide bonds. The third kappa shape index (κ3) is 2.20. The summed E-state index contributed by atoms with van der Waals surface area (Å²) in [7, 11) is 0. The summed E-state index contributed by atoms with van der Waals surface area (Å²) in [5.74, 6) is 0.0411. The minimum absolute atomic E-state index is 0.138. The van der Waals surface area contributed by atoms with Crippen LogP contribution in [0.15, 0.2) is 12.3 Å². The van der Waals surface area contributed by atoms with Gasteiger partial charge in [0.15, 0.2) is 0 Å². The molecule has 2 fully saturated rings. The zero-order valence-corrected chi connectivity index (χ0v) is 11.6. The van der Waals surface area contributed by atoms with Crippen molar-refractivity contribution in [3.05, 3.63) is 23.0 Å². The Morgan fingerprint density at radius 1 is 1.45 bits per heavy atom. The van der Waals surface area contributed by atoms with Crippen molar-refractivity contribution < 1.29 is 9.59 Å². The van der Waals surface area contributed by atoms with Crippen LogP contribution in [0, 0.1) is 0 Å². The van der Waals surface area contributed by atoms with Crippen molar-refractivity contribution in [1.29, 1.82) is 0 Å². The van der Waals surface area contributed by atoms with Crippen molar-refractivity contribution in [3.8, 4) is 0 Å². The lowest BCUT2D eigenvalue weighted by Crippen LogP contribution is -2.53. The number of aromatic nitrogens is 1. The van der Waals surface area contributed by atoms with Crippen molar-refractivity contribution in [1.82, 2.24) is 14.8 Å². The number of pyridine rings is 1. The number of halogens is 1. The van der Waals surface area contributed by atoms with E-state index in [2.05, 4.69) is 4.98 Å². The summed E-state index contributed by atoms with van der Waals surface area (Å²) in [4.78, 5) is 31.6. The van der Waals surface area contributed by atoms with Crippen LogP contribution in [0.1, 0.15) is 23.2 Å². The van der Waals surface area contributed by atoms with E-state index in [1.54, 1.807) is 4.90 Å². The Morgan fingerprint density at radius 3 is 3.05 bits per heavy atom. The smallest absolute Gasteiger partial charge is 0.256 e. The molecule has 20 heavy (non-hydrogen) atoms. The molecule has 3 heterocycles. The molecule has 0 aliphatic carbocycles. The second kappa shape index (κ2) is 4.94. The highest BCUT2D eigenvalue weighted by Gasteiger charge is 2.37. The molecule has 2 aliphatic heterocycles. The number of hydrogen-bond acceptors (Lipinski definition) is 4. The molecule has 6 nitrogen and oxygen atoms in total. The SMILES string of the molecule is Nc1cnc(Cl)cc1C(=O)N1CCN2C(=O)CCC2C1. The number of carbonyl (C=O) groups excluding carboxylic acids is 2. The number of nitrogens with zero attached hydrogens (tertiary/aromatic N) is 3. The first-order valence-corrected chi connectivity index (χ1v) is 6.94. The second-order valence-electron chi connectivity index (χ2n) is 5.13. The molecule has 1 aromatic heterocycles. The van der Waals surface area contributed by atoms with Crippen molar-refractivity contribution in [2.45, 2.75) is 18.9 Å². The monoisotopic (exact) mass is 294 g/mol. The molecule has 0 aromatic carbocycles. The predicted molar refractivity (Wildman–Crippen MR) is 74.3 cm³/mol. The predicted octanol–water partition coefficient (Wildman–Crippen LogP) is 0.764. The zero-order valence-electron chi connectivity index (χ0n) is 10.9. The molecule has 1 atom stereocenters. The van der Waals surface area contributed by atoms with Crippen LogP contribution in [0.5, 0.6) is 0 Å². The lowest BCUT2D eigenvalue weighted by Gasteiger charge is -2.37. The fraction of sp³-hybridized carbons (Fsp3) is 0.462. The maximum Gasteiger partial charge on any atom is 0.256 e. The summed E-state index contributed by atoms with van der Waals surface area (Å²) in [5.41, 5.74) is 6.49. The average Bonchev–Trinajstić information content (AvgIpc) is 2.82. The van der Waals surface area contributed by atoms with Crippen LogP contribution in [0.3, 0.4) is 0 Å². The Bertz CT molecular complexity index is 577. The average molecular weight is 295 g/mol. The highest BCUT2D eigenvalue weighted by molar-refractivity contribution is 6.29. The highest BCUT2D eigenvalue weighted by Crippen LogP contribution is 2.25. The number of carbonyl (C=O) groups is 2. The molecule has 3 rings (SSSR count). The lowest BCUT2D eigenvalue weighted by molar-refractivity contribution is -0.130. The summed E-state index contributed by atoms with van der Waals surface area (Å²) in [5, 5.41) is 0.247. The van der Waals surface area contributed by atoms with E-state index in [9.17, 15) is 9.59 Å². The van der Waals surface area contributed by atoms with Gasteiger partial charge in [-0.3, -0.25) is 9.59 Å². The zero-order chi connectivity index (χ0) is 14.3. The maximum absolute atomic E-state index is 12.5. The van der Waals surface area contributed by atoms with Crippen molar-refractivity contribution in [2.24, 2.45) is 0 Å². The van der Waals surface area contributed by atoms with Crippen LogP contribution < -0.4 is 5.73 Å². The van der Waals surface area contributed by atoms with Gasteiger partial charge in [-0.05, 0) is 12.5 Å². The molecule has 0 spiro atoms. The number of rotatable bonds is 1. The molecule has 1 unspecified atom stereocenters. The lowest BCUT2D eigenvalue weighted by atomic mass is 10.1. The number of anilines is 1. The maximum atomic E-state index is 12.5. The first-order chi connectivity index (χ1) is 9.56. The van der Waals surface area contributed by atoms with Gasteiger partial charge in [0, 0.05) is 32.1 Å². The molecular formula is C13H15ClN4O2. The molecule has 2 N–H and O–H groups in total. The molecule has 2 saturated heterocycles. The van der Waals surface area contributed by atoms with Gasteiger partial charge in [0.1, 0.15) is 5.15 Å². The minimum Gasteiger partial charge on any atom is -0.397 e. The highest BCUT2D eigenvalue weighted by atomic mass is 35.5.